The Labute approximate surface area is 166 Å². The molecule has 0 fully saturated rings. The maximum absolute atomic E-state index is 12.5. The Bertz CT molecular complexity index is 1040. The first kappa shape index (κ1) is 18.2. The Morgan fingerprint density at radius 1 is 1.21 bits per heavy atom. The second-order valence-corrected chi connectivity index (χ2v) is 7.59. The molecular weight excluding hydrogens is 376 g/mol. The molecular formula is C21H18N2O4S. The molecule has 1 amide bonds. The molecule has 3 aromatic rings. The lowest BCUT2D eigenvalue weighted by Gasteiger charge is -2.09. The summed E-state index contributed by atoms with van der Waals surface area (Å²) in [4.78, 5) is 29.9. The average Bonchev–Trinajstić information content (AvgIpc) is 3.22. The van der Waals surface area contributed by atoms with Crippen molar-refractivity contribution in [2.75, 3.05) is 12.4 Å². The van der Waals surface area contributed by atoms with Crippen molar-refractivity contribution >= 4 is 28.3 Å². The van der Waals surface area contributed by atoms with Crippen LogP contribution >= 0.6 is 11.3 Å². The van der Waals surface area contributed by atoms with Crippen LogP contribution in [0.4, 0.5) is 5.13 Å². The first-order chi connectivity index (χ1) is 13.5. The summed E-state index contributed by atoms with van der Waals surface area (Å²) in [5.74, 6) is 0.140. The minimum atomic E-state index is -0.564. The number of hydrogen-bond acceptors (Lipinski definition) is 6. The molecule has 6 nitrogen and oxygen atoms in total. The van der Waals surface area contributed by atoms with Gasteiger partial charge in [-0.05, 0) is 37.3 Å². The zero-order valence-corrected chi connectivity index (χ0v) is 16.2. The van der Waals surface area contributed by atoms with Gasteiger partial charge < -0.3 is 14.8 Å². The number of benzene rings is 2. The van der Waals surface area contributed by atoms with E-state index in [0.29, 0.717) is 10.7 Å². The molecule has 0 unspecified atom stereocenters. The van der Waals surface area contributed by atoms with E-state index in [-0.39, 0.29) is 18.3 Å². The zero-order chi connectivity index (χ0) is 19.7. The Hall–Kier alpha value is -3.19. The number of carbonyl (C=O) groups excluding carboxylic acids is 2. The summed E-state index contributed by atoms with van der Waals surface area (Å²) >= 11 is 1.41. The summed E-state index contributed by atoms with van der Waals surface area (Å²) in [6, 6.07) is 14.7. The Balaban J connectivity index is 1.46. The number of thiazole rings is 1. The molecule has 0 saturated heterocycles. The van der Waals surface area contributed by atoms with Crippen molar-refractivity contribution in [2.45, 2.75) is 19.4 Å². The highest BCUT2D eigenvalue weighted by atomic mass is 32.1. The monoisotopic (exact) mass is 394 g/mol. The van der Waals surface area contributed by atoms with Crippen LogP contribution in [0.25, 0.3) is 11.3 Å². The topological polar surface area (TPSA) is 77.5 Å². The molecule has 142 valence electrons. The molecule has 0 radical (unpaired) electrons. The number of fused-ring (bicyclic) bond motifs is 1. The number of esters is 1. The molecule has 1 aliphatic heterocycles. The fraction of sp³-hybridized carbons (Fsp3) is 0.190. The second kappa shape index (κ2) is 7.44. The van der Waals surface area contributed by atoms with Gasteiger partial charge >= 0.3 is 5.97 Å². The second-order valence-electron chi connectivity index (χ2n) is 6.39. The Kier molecular flexibility index (Phi) is 4.83. The SMILES string of the molecule is COc1ccc(-c2nc(NC(=O)C[C@H]3OC(=O)c4ccccc43)sc2C)cc1. The van der Waals surface area contributed by atoms with E-state index in [4.69, 9.17) is 9.47 Å². The number of aryl methyl sites for hydroxylation is 1. The van der Waals surface area contributed by atoms with E-state index in [1.165, 1.54) is 11.3 Å². The van der Waals surface area contributed by atoms with Crippen LogP contribution < -0.4 is 10.1 Å². The van der Waals surface area contributed by atoms with Crippen LogP contribution in [0.2, 0.25) is 0 Å². The molecule has 2 heterocycles. The van der Waals surface area contributed by atoms with Crippen LogP contribution in [-0.4, -0.2) is 24.0 Å². The van der Waals surface area contributed by atoms with Gasteiger partial charge in [-0.2, -0.15) is 0 Å². The number of rotatable bonds is 5. The lowest BCUT2D eigenvalue weighted by atomic mass is 10.0. The van der Waals surface area contributed by atoms with Crippen LogP contribution in [0.1, 0.15) is 33.3 Å². The first-order valence-electron chi connectivity index (χ1n) is 8.77. The summed E-state index contributed by atoms with van der Waals surface area (Å²) in [6.07, 6.45) is -0.509. The van der Waals surface area contributed by atoms with Crippen molar-refractivity contribution in [1.29, 1.82) is 0 Å². The molecule has 0 bridgehead atoms. The molecule has 0 saturated carbocycles. The van der Waals surface area contributed by atoms with Crippen LogP contribution in [0.3, 0.4) is 0 Å². The van der Waals surface area contributed by atoms with Gasteiger partial charge in [0.25, 0.3) is 0 Å². The summed E-state index contributed by atoms with van der Waals surface area (Å²) < 4.78 is 10.5. The lowest BCUT2D eigenvalue weighted by molar-refractivity contribution is -0.118. The smallest absolute Gasteiger partial charge is 0.339 e. The number of hydrogen-bond donors (Lipinski definition) is 1. The third-order valence-electron chi connectivity index (χ3n) is 4.55. The number of nitrogens with zero attached hydrogens (tertiary/aromatic N) is 1. The lowest BCUT2D eigenvalue weighted by Crippen LogP contribution is -2.15. The highest BCUT2D eigenvalue weighted by molar-refractivity contribution is 7.16. The number of nitrogens with one attached hydrogen (secondary N) is 1. The number of ether oxygens (including phenoxy) is 2. The van der Waals surface area contributed by atoms with Crippen LogP contribution in [-0.2, 0) is 9.53 Å². The van der Waals surface area contributed by atoms with Crippen molar-refractivity contribution < 1.29 is 19.1 Å². The van der Waals surface area contributed by atoms with Crippen LogP contribution in [0, 0.1) is 6.92 Å². The third-order valence-corrected chi connectivity index (χ3v) is 5.44. The van der Waals surface area contributed by atoms with Gasteiger partial charge in [-0.3, -0.25) is 4.79 Å². The number of carbonyl (C=O) groups is 2. The van der Waals surface area contributed by atoms with E-state index < -0.39 is 6.10 Å². The van der Waals surface area contributed by atoms with Crippen molar-refractivity contribution in [3.05, 3.63) is 64.5 Å². The van der Waals surface area contributed by atoms with Crippen LogP contribution in [0.5, 0.6) is 5.75 Å². The summed E-state index contributed by atoms with van der Waals surface area (Å²) in [6.45, 7) is 1.96. The van der Waals surface area contributed by atoms with Gasteiger partial charge in [0.15, 0.2) is 5.13 Å². The number of anilines is 1. The highest BCUT2D eigenvalue weighted by Crippen LogP contribution is 2.34. The van der Waals surface area contributed by atoms with Crippen molar-refractivity contribution in [3.63, 3.8) is 0 Å². The van der Waals surface area contributed by atoms with E-state index >= 15 is 0 Å². The number of methoxy groups -OCH3 is 1. The fourth-order valence-electron chi connectivity index (χ4n) is 3.18. The Morgan fingerprint density at radius 2 is 1.96 bits per heavy atom. The van der Waals surface area contributed by atoms with Gasteiger partial charge in [-0.1, -0.05) is 18.2 Å². The third kappa shape index (κ3) is 3.48. The molecule has 0 aliphatic carbocycles. The van der Waals surface area contributed by atoms with Gasteiger partial charge in [0.05, 0.1) is 24.8 Å². The molecule has 1 atom stereocenters. The van der Waals surface area contributed by atoms with Gasteiger partial charge in [-0.15, -0.1) is 11.3 Å². The molecule has 0 spiro atoms. The average molecular weight is 394 g/mol. The van der Waals surface area contributed by atoms with Gasteiger partial charge in [-0.25, -0.2) is 9.78 Å². The molecule has 1 N–H and O–H groups in total. The quantitative estimate of drug-likeness (QED) is 0.650. The Morgan fingerprint density at radius 3 is 2.71 bits per heavy atom. The predicted octanol–water partition coefficient (Wildman–Crippen LogP) is 4.37. The highest BCUT2D eigenvalue weighted by Gasteiger charge is 2.32. The molecule has 28 heavy (non-hydrogen) atoms. The van der Waals surface area contributed by atoms with E-state index in [2.05, 4.69) is 10.3 Å². The van der Waals surface area contributed by atoms with Crippen LogP contribution in [0.15, 0.2) is 48.5 Å². The maximum Gasteiger partial charge on any atom is 0.339 e. The number of aromatic nitrogens is 1. The first-order valence-corrected chi connectivity index (χ1v) is 9.58. The predicted molar refractivity (Wildman–Crippen MR) is 107 cm³/mol. The molecule has 1 aromatic heterocycles. The van der Waals surface area contributed by atoms with E-state index in [1.807, 2.05) is 43.3 Å². The molecule has 1 aliphatic rings. The zero-order valence-electron chi connectivity index (χ0n) is 15.4. The van der Waals surface area contributed by atoms with Gasteiger partial charge in [0.2, 0.25) is 5.91 Å². The standard InChI is InChI=1S/C21H18N2O4S/c1-12-19(13-7-9-14(26-2)10-8-13)23-21(28-12)22-18(24)11-17-15-5-3-4-6-16(15)20(25)27-17/h3-10,17H,11H2,1-2H3,(H,22,23,24)/t17-/m1/s1. The van der Waals surface area contributed by atoms with Crippen molar-refractivity contribution in [1.82, 2.24) is 4.98 Å². The summed E-state index contributed by atoms with van der Waals surface area (Å²) in [5.41, 5.74) is 3.04. The largest absolute Gasteiger partial charge is 0.497 e. The minimum Gasteiger partial charge on any atom is -0.497 e. The van der Waals surface area contributed by atoms with E-state index in [0.717, 1.165) is 27.4 Å². The normalized spacial score (nSPS) is 15.1. The van der Waals surface area contributed by atoms with Crippen molar-refractivity contribution in [3.8, 4) is 17.0 Å². The fourth-order valence-corrected chi connectivity index (χ4v) is 4.03. The molecule has 2 aromatic carbocycles. The number of cyclic esters (lactones) is 1. The summed E-state index contributed by atoms with van der Waals surface area (Å²) in [7, 11) is 1.62. The van der Waals surface area contributed by atoms with Crippen molar-refractivity contribution in [2.24, 2.45) is 0 Å². The number of amides is 1. The van der Waals surface area contributed by atoms with E-state index in [1.54, 1.807) is 19.2 Å². The van der Waals surface area contributed by atoms with Gasteiger partial charge in [0.1, 0.15) is 11.9 Å². The van der Waals surface area contributed by atoms with Gasteiger partial charge in [0, 0.05) is 16.0 Å². The summed E-state index contributed by atoms with van der Waals surface area (Å²) in [5, 5.41) is 3.34. The van der Waals surface area contributed by atoms with E-state index in [9.17, 15) is 9.59 Å². The molecule has 7 heteroatoms. The maximum atomic E-state index is 12.5. The minimum absolute atomic E-state index is 0.0548. The molecule has 4 rings (SSSR count).